The Balaban J connectivity index is 3.26. The lowest BCUT2D eigenvalue weighted by molar-refractivity contribution is -0.108. The van der Waals surface area contributed by atoms with Crippen LogP contribution in [-0.2, 0) is 14.8 Å². The molecule has 112 valence electrons. The summed E-state index contributed by atoms with van der Waals surface area (Å²) in [6.45, 7) is 0. The van der Waals surface area contributed by atoms with Gasteiger partial charge in [-0.2, -0.15) is 0 Å². The third-order valence-electron chi connectivity index (χ3n) is 2.29. The Morgan fingerprint density at radius 2 is 1.65 bits per heavy atom. The fourth-order valence-electron chi connectivity index (χ4n) is 1.46. The van der Waals surface area contributed by atoms with Gasteiger partial charge in [0, 0.05) is 12.1 Å². The number of thiol groups is 1. The van der Waals surface area contributed by atoms with Gasteiger partial charge in [0.25, 0.3) is 0 Å². The summed E-state index contributed by atoms with van der Waals surface area (Å²) >= 11 is 3.45. The molecule has 1 aromatic rings. The van der Waals surface area contributed by atoms with E-state index in [2.05, 4.69) is 17.4 Å². The predicted molar refractivity (Wildman–Crippen MR) is 77.5 cm³/mol. The number of ether oxygens (including phenoxy) is 3. The number of anilines is 1. The maximum Gasteiger partial charge on any atom is 0.241 e. The topological polar surface area (TPSA) is 90.9 Å². The zero-order valence-electron chi connectivity index (χ0n) is 11.2. The van der Waals surface area contributed by atoms with Crippen LogP contribution in [0.3, 0.4) is 0 Å². The number of methoxy groups -OCH3 is 3. The third-order valence-corrected chi connectivity index (χ3v) is 3.82. The van der Waals surface area contributed by atoms with Gasteiger partial charge in [0.15, 0.2) is 0 Å². The molecule has 0 aliphatic rings. The molecule has 0 aliphatic heterocycles. The Hall–Kier alpha value is -1.61. The second kappa shape index (κ2) is 6.71. The van der Waals surface area contributed by atoms with Crippen molar-refractivity contribution >= 4 is 33.5 Å². The fraction of sp³-hybridized carbons (Fsp3) is 0.364. The van der Waals surface area contributed by atoms with Crippen molar-refractivity contribution in [2.24, 2.45) is 0 Å². The lowest BCUT2D eigenvalue weighted by Gasteiger charge is -2.16. The number of nitrogens with one attached hydrogen (secondary N) is 1. The Labute approximate surface area is 122 Å². The molecular weight excluding hydrogens is 306 g/mol. The van der Waals surface area contributed by atoms with Gasteiger partial charge in [-0.1, -0.05) is 0 Å². The number of sulfonamides is 1. The number of benzene rings is 1. The fourth-order valence-corrected chi connectivity index (χ4v) is 2.88. The van der Waals surface area contributed by atoms with Crippen molar-refractivity contribution in [1.82, 2.24) is 0 Å². The molecule has 0 unspecified atom stereocenters. The zero-order chi connectivity index (χ0) is 15.3. The van der Waals surface area contributed by atoms with Gasteiger partial charge in [-0.3, -0.25) is 9.52 Å². The summed E-state index contributed by atoms with van der Waals surface area (Å²) in [4.78, 5) is 10.8. The Morgan fingerprint density at radius 1 is 1.15 bits per heavy atom. The lowest BCUT2D eigenvalue weighted by atomic mass is 10.2. The number of carbonyl (C=O) groups is 1. The first-order valence-electron chi connectivity index (χ1n) is 5.35. The summed E-state index contributed by atoms with van der Waals surface area (Å²) in [6.07, 6.45) is 0. The van der Waals surface area contributed by atoms with E-state index in [1.54, 1.807) is 0 Å². The highest BCUT2D eigenvalue weighted by atomic mass is 32.2. The molecule has 0 saturated heterocycles. The van der Waals surface area contributed by atoms with Crippen LogP contribution in [0.2, 0.25) is 0 Å². The summed E-state index contributed by atoms with van der Waals surface area (Å²) < 4.78 is 41.0. The van der Waals surface area contributed by atoms with Crippen LogP contribution in [0.4, 0.5) is 5.69 Å². The van der Waals surface area contributed by atoms with E-state index in [1.807, 2.05) is 0 Å². The van der Waals surface area contributed by atoms with Gasteiger partial charge in [-0.15, -0.1) is 12.6 Å². The first kappa shape index (κ1) is 16.4. The van der Waals surface area contributed by atoms with Crippen LogP contribution in [0.1, 0.15) is 0 Å². The van der Waals surface area contributed by atoms with E-state index in [0.717, 1.165) is 0 Å². The standard InChI is InChI=1S/C11H15NO6S2/c1-16-7-4-8(17-2)11(9(5-7)18-3)12-20(14,15)6-10(13)19/h4-5,12H,6H2,1-3H3,(H,13,19). The number of rotatable bonds is 7. The SMILES string of the molecule is COc1cc(OC)c(NS(=O)(=O)CC(=O)S)c(OC)c1. The molecule has 7 nitrogen and oxygen atoms in total. The molecule has 20 heavy (non-hydrogen) atoms. The van der Waals surface area contributed by atoms with Crippen LogP contribution in [-0.4, -0.2) is 40.6 Å². The van der Waals surface area contributed by atoms with Crippen molar-refractivity contribution in [3.05, 3.63) is 12.1 Å². The molecule has 0 heterocycles. The molecule has 1 aromatic carbocycles. The zero-order valence-corrected chi connectivity index (χ0v) is 12.9. The minimum Gasteiger partial charge on any atom is -0.496 e. The van der Waals surface area contributed by atoms with E-state index >= 15 is 0 Å². The van der Waals surface area contributed by atoms with Gasteiger partial charge in [0.1, 0.15) is 28.7 Å². The number of hydrogen-bond acceptors (Lipinski definition) is 6. The van der Waals surface area contributed by atoms with E-state index < -0.39 is 20.9 Å². The van der Waals surface area contributed by atoms with Crippen molar-refractivity contribution in [3.63, 3.8) is 0 Å². The number of hydrogen-bond donors (Lipinski definition) is 2. The molecule has 9 heteroatoms. The molecule has 0 aromatic heterocycles. The molecule has 0 saturated carbocycles. The van der Waals surface area contributed by atoms with Crippen LogP contribution in [0.5, 0.6) is 17.2 Å². The van der Waals surface area contributed by atoms with Crippen molar-refractivity contribution in [3.8, 4) is 17.2 Å². The van der Waals surface area contributed by atoms with Gasteiger partial charge >= 0.3 is 0 Å². The van der Waals surface area contributed by atoms with Crippen LogP contribution >= 0.6 is 12.6 Å². The summed E-state index contributed by atoms with van der Waals surface area (Å²) in [6, 6.07) is 2.98. The first-order valence-corrected chi connectivity index (χ1v) is 7.45. The molecule has 0 fully saturated rings. The van der Waals surface area contributed by atoms with Crippen LogP contribution in [0, 0.1) is 0 Å². The highest BCUT2D eigenvalue weighted by molar-refractivity contribution is 8.01. The monoisotopic (exact) mass is 321 g/mol. The first-order chi connectivity index (χ1) is 9.32. The predicted octanol–water partition coefficient (Wildman–Crippen LogP) is 0.910. The van der Waals surface area contributed by atoms with Gasteiger partial charge in [-0.25, -0.2) is 8.42 Å². The van der Waals surface area contributed by atoms with E-state index in [9.17, 15) is 13.2 Å². The molecular formula is C11H15NO6S2. The average Bonchev–Trinajstić information content (AvgIpc) is 2.36. The highest BCUT2D eigenvalue weighted by Crippen LogP contribution is 2.39. The van der Waals surface area contributed by atoms with Crippen LogP contribution < -0.4 is 18.9 Å². The van der Waals surface area contributed by atoms with E-state index in [4.69, 9.17) is 14.2 Å². The summed E-state index contributed by atoms with van der Waals surface area (Å²) in [5.41, 5.74) is 0.0883. The van der Waals surface area contributed by atoms with Crippen molar-refractivity contribution in [2.75, 3.05) is 31.8 Å². The molecule has 0 radical (unpaired) electrons. The minimum absolute atomic E-state index is 0.0883. The minimum atomic E-state index is -3.90. The van der Waals surface area contributed by atoms with Gasteiger partial charge < -0.3 is 14.2 Å². The van der Waals surface area contributed by atoms with Crippen molar-refractivity contribution in [1.29, 1.82) is 0 Å². The average molecular weight is 321 g/mol. The quantitative estimate of drug-likeness (QED) is 0.726. The second-order valence-corrected chi connectivity index (χ2v) is 5.88. The molecule has 0 atom stereocenters. The van der Waals surface area contributed by atoms with Gasteiger partial charge in [-0.05, 0) is 0 Å². The molecule has 1 N–H and O–H groups in total. The highest BCUT2D eigenvalue weighted by Gasteiger charge is 2.21. The number of carbonyl (C=O) groups excluding carboxylic acids is 1. The van der Waals surface area contributed by atoms with Crippen LogP contribution in [0.15, 0.2) is 12.1 Å². The smallest absolute Gasteiger partial charge is 0.241 e. The maximum absolute atomic E-state index is 11.8. The van der Waals surface area contributed by atoms with E-state index in [1.165, 1.54) is 33.5 Å². The lowest BCUT2D eigenvalue weighted by Crippen LogP contribution is -2.21. The van der Waals surface area contributed by atoms with Gasteiger partial charge in [0.05, 0.1) is 21.3 Å². The van der Waals surface area contributed by atoms with Crippen molar-refractivity contribution < 1.29 is 27.4 Å². The van der Waals surface area contributed by atoms with Crippen molar-refractivity contribution in [2.45, 2.75) is 0 Å². The third kappa shape index (κ3) is 4.20. The molecule has 1 rings (SSSR count). The molecule has 0 spiro atoms. The van der Waals surface area contributed by atoms with E-state index in [-0.39, 0.29) is 17.2 Å². The van der Waals surface area contributed by atoms with Gasteiger partial charge in [0.2, 0.25) is 15.1 Å². The summed E-state index contributed by atoms with van der Waals surface area (Å²) in [7, 11) is 0.302. The normalized spacial score (nSPS) is 10.8. The Kier molecular flexibility index (Phi) is 5.52. The second-order valence-electron chi connectivity index (χ2n) is 3.66. The molecule has 0 bridgehead atoms. The Bertz CT molecular complexity index is 574. The maximum atomic E-state index is 11.8. The van der Waals surface area contributed by atoms with Crippen LogP contribution in [0.25, 0.3) is 0 Å². The summed E-state index contributed by atoms with van der Waals surface area (Å²) in [5, 5.41) is -0.774. The van der Waals surface area contributed by atoms with E-state index in [0.29, 0.717) is 5.75 Å². The summed E-state index contributed by atoms with van der Waals surface area (Å²) in [5.74, 6) is 0.0914. The molecule has 0 amide bonds. The Morgan fingerprint density at radius 3 is 2.00 bits per heavy atom. The molecule has 0 aliphatic carbocycles. The largest absolute Gasteiger partial charge is 0.496 e.